The van der Waals surface area contributed by atoms with Gasteiger partial charge in [-0.1, -0.05) is 60.1 Å². The van der Waals surface area contributed by atoms with Gasteiger partial charge in [0.25, 0.3) is 5.91 Å². The monoisotopic (exact) mass is 471 g/mol. The lowest BCUT2D eigenvalue weighted by molar-refractivity contribution is -0.119. The molecule has 2 aromatic heterocycles. The van der Waals surface area contributed by atoms with Crippen LogP contribution >= 0.6 is 11.6 Å². The van der Waals surface area contributed by atoms with E-state index in [1.54, 1.807) is 12.1 Å². The van der Waals surface area contributed by atoms with E-state index in [-0.39, 0.29) is 0 Å². The molecule has 0 saturated carbocycles. The van der Waals surface area contributed by atoms with Crippen molar-refractivity contribution in [3.05, 3.63) is 100 Å². The molecule has 0 aliphatic heterocycles. The molecule has 4 aromatic rings. The quantitative estimate of drug-likeness (QED) is 0.397. The maximum absolute atomic E-state index is 13.3. The van der Waals surface area contributed by atoms with E-state index in [1.807, 2.05) is 42.5 Å². The minimum Gasteiger partial charge on any atom is -0.452 e. The highest BCUT2D eigenvalue weighted by Crippen LogP contribution is 2.36. The van der Waals surface area contributed by atoms with Crippen LogP contribution < -0.4 is 5.32 Å². The van der Waals surface area contributed by atoms with E-state index in [1.165, 1.54) is 11.8 Å². The van der Waals surface area contributed by atoms with Crippen LogP contribution in [-0.4, -0.2) is 28.5 Å². The third-order valence-corrected chi connectivity index (χ3v) is 6.29. The molecule has 0 radical (unpaired) electrons. The van der Waals surface area contributed by atoms with Gasteiger partial charge < -0.3 is 10.1 Å². The predicted octanol–water partition coefficient (Wildman–Crippen LogP) is 5.35. The van der Waals surface area contributed by atoms with Crippen LogP contribution in [0.2, 0.25) is 5.02 Å². The molecule has 1 atom stereocenters. The van der Waals surface area contributed by atoms with E-state index in [4.69, 9.17) is 21.3 Å². The van der Waals surface area contributed by atoms with Crippen molar-refractivity contribution < 1.29 is 14.3 Å². The summed E-state index contributed by atoms with van der Waals surface area (Å²) in [6, 6.07) is 21.1. The predicted molar refractivity (Wildman–Crippen MR) is 131 cm³/mol. The molecule has 7 heteroatoms. The summed E-state index contributed by atoms with van der Waals surface area (Å²) in [4.78, 5) is 34.5. The molecule has 1 aliphatic carbocycles. The molecule has 0 bridgehead atoms. The first kappa shape index (κ1) is 22.0. The van der Waals surface area contributed by atoms with Gasteiger partial charge in [-0.3, -0.25) is 9.78 Å². The first-order valence-corrected chi connectivity index (χ1v) is 11.5. The Morgan fingerprint density at radius 2 is 1.82 bits per heavy atom. The Morgan fingerprint density at radius 3 is 2.62 bits per heavy atom. The van der Waals surface area contributed by atoms with Gasteiger partial charge in [0.05, 0.1) is 16.1 Å². The molecule has 1 amide bonds. The van der Waals surface area contributed by atoms with Crippen LogP contribution in [0.4, 0.5) is 5.82 Å². The SMILES string of the molecule is O=C(COC(=O)c1c2c(nc3ccccc13)CCC(c1ccccc1)C2)Nc1ccc(Cl)cn1. The average molecular weight is 472 g/mol. The largest absolute Gasteiger partial charge is 0.452 e. The summed E-state index contributed by atoms with van der Waals surface area (Å²) in [6.45, 7) is -0.420. The Kier molecular flexibility index (Phi) is 6.23. The Morgan fingerprint density at radius 1 is 1.03 bits per heavy atom. The fraction of sp³-hybridized carbons (Fsp3) is 0.185. The fourth-order valence-corrected chi connectivity index (χ4v) is 4.57. The van der Waals surface area contributed by atoms with E-state index in [0.717, 1.165) is 35.0 Å². The molecule has 1 aliphatic rings. The van der Waals surface area contributed by atoms with Gasteiger partial charge >= 0.3 is 5.97 Å². The van der Waals surface area contributed by atoms with Crippen LogP contribution in [-0.2, 0) is 22.4 Å². The normalized spacial score (nSPS) is 14.9. The van der Waals surface area contributed by atoms with Gasteiger partial charge in [-0.2, -0.15) is 0 Å². The van der Waals surface area contributed by atoms with Crippen LogP contribution in [0.25, 0.3) is 10.9 Å². The molecule has 2 aromatic carbocycles. The van der Waals surface area contributed by atoms with Gasteiger partial charge in [0.1, 0.15) is 5.82 Å². The topological polar surface area (TPSA) is 81.2 Å². The summed E-state index contributed by atoms with van der Waals surface area (Å²) < 4.78 is 5.47. The van der Waals surface area contributed by atoms with Gasteiger partial charge in [0, 0.05) is 17.3 Å². The number of benzene rings is 2. The Hall–Kier alpha value is -3.77. The summed E-state index contributed by atoms with van der Waals surface area (Å²) in [5.41, 5.74) is 4.33. The number of hydrogen-bond donors (Lipinski definition) is 1. The first-order valence-electron chi connectivity index (χ1n) is 11.1. The molecular weight excluding hydrogens is 450 g/mol. The second-order valence-corrected chi connectivity index (χ2v) is 8.70. The number of nitrogens with zero attached hydrogens (tertiary/aromatic N) is 2. The van der Waals surface area contributed by atoms with Crippen LogP contribution in [0, 0.1) is 0 Å². The van der Waals surface area contributed by atoms with Gasteiger partial charge in [-0.25, -0.2) is 9.78 Å². The maximum atomic E-state index is 13.3. The van der Waals surface area contributed by atoms with Gasteiger partial charge in [0.15, 0.2) is 6.61 Å². The summed E-state index contributed by atoms with van der Waals surface area (Å²) in [6.07, 6.45) is 3.88. The molecule has 6 nitrogen and oxygen atoms in total. The molecule has 0 fully saturated rings. The van der Waals surface area contributed by atoms with Crippen molar-refractivity contribution in [3.63, 3.8) is 0 Å². The number of aryl methyl sites for hydroxylation is 1. The van der Waals surface area contributed by atoms with Crippen LogP contribution in [0.1, 0.15) is 39.5 Å². The first-order chi connectivity index (χ1) is 16.6. The number of carbonyl (C=O) groups is 2. The number of para-hydroxylation sites is 1. The zero-order valence-electron chi connectivity index (χ0n) is 18.3. The lowest BCUT2D eigenvalue weighted by atomic mass is 9.80. The van der Waals surface area contributed by atoms with Crippen molar-refractivity contribution >= 4 is 40.2 Å². The van der Waals surface area contributed by atoms with Gasteiger partial charge in [0.2, 0.25) is 0 Å². The number of halogens is 1. The maximum Gasteiger partial charge on any atom is 0.339 e. The molecule has 34 heavy (non-hydrogen) atoms. The van der Waals surface area contributed by atoms with E-state index >= 15 is 0 Å². The zero-order chi connectivity index (χ0) is 23.5. The van der Waals surface area contributed by atoms with Crippen molar-refractivity contribution in [2.45, 2.75) is 25.2 Å². The molecule has 0 saturated heterocycles. The summed E-state index contributed by atoms with van der Waals surface area (Å²) in [7, 11) is 0. The summed E-state index contributed by atoms with van der Waals surface area (Å²) >= 11 is 5.82. The molecule has 0 spiro atoms. The zero-order valence-corrected chi connectivity index (χ0v) is 19.1. The number of anilines is 1. The summed E-state index contributed by atoms with van der Waals surface area (Å²) in [5, 5.41) is 3.81. The average Bonchev–Trinajstić information content (AvgIpc) is 2.87. The second-order valence-electron chi connectivity index (χ2n) is 8.27. The molecular formula is C27H22ClN3O3. The van der Waals surface area contributed by atoms with Crippen molar-refractivity contribution in [3.8, 4) is 0 Å². The van der Waals surface area contributed by atoms with E-state index in [2.05, 4.69) is 22.4 Å². The number of aromatic nitrogens is 2. The minimum absolute atomic E-state index is 0.294. The third kappa shape index (κ3) is 4.63. The molecule has 5 rings (SSSR count). The summed E-state index contributed by atoms with van der Waals surface area (Å²) in [5.74, 6) is -0.370. The highest BCUT2D eigenvalue weighted by molar-refractivity contribution is 6.30. The van der Waals surface area contributed by atoms with Crippen molar-refractivity contribution in [2.24, 2.45) is 0 Å². The second kappa shape index (κ2) is 9.61. The Bertz CT molecular complexity index is 1360. The Labute approximate surface area is 202 Å². The third-order valence-electron chi connectivity index (χ3n) is 6.06. The number of amides is 1. The highest BCUT2D eigenvalue weighted by atomic mass is 35.5. The Balaban J connectivity index is 1.41. The standard InChI is InChI=1S/C27H22ClN3O3/c28-19-11-13-24(29-15-19)31-25(32)16-34-27(33)26-20-8-4-5-9-22(20)30-23-12-10-18(14-21(23)26)17-6-2-1-3-7-17/h1-9,11,13,15,18H,10,12,14,16H2,(H,29,31,32). The lowest BCUT2D eigenvalue weighted by Crippen LogP contribution is -2.24. The van der Waals surface area contributed by atoms with Crippen molar-refractivity contribution in [2.75, 3.05) is 11.9 Å². The van der Waals surface area contributed by atoms with Crippen LogP contribution in [0.5, 0.6) is 0 Å². The fourth-order valence-electron chi connectivity index (χ4n) is 4.46. The minimum atomic E-state index is -0.525. The van der Waals surface area contributed by atoms with Gasteiger partial charge in [-0.05, 0) is 54.5 Å². The van der Waals surface area contributed by atoms with E-state index in [0.29, 0.717) is 28.7 Å². The van der Waals surface area contributed by atoms with E-state index < -0.39 is 18.5 Å². The number of ether oxygens (including phenoxy) is 1. The number of esters is 1. The van der Waals surface area contributed by atoms with Crippen molar-refractivity contribution in [1.82, 2.24) is 9.97 Å². The smallest absolute Gasteiger partial charge is 0.339 e. The number of hydrogen-bond acceptors (Lipinski definition) is 5. The molecule has 1 N–H and O–H groups in total. The number of nitrogens with one attached hydrogen (secondary N) is 1. The highest BCUT2D eigenvalue weighted by Gasteiger charge is 2.28. The van der Waals surface area contributed by atoms with Crippen molar-refractivity contribution in [1.29, 1.82) is 0 Å². The van der Waals surface area contributed by atoms with Crippen LogP contribution in [0.15, 0.2) is 72.9 Å². The number of pyridine rings is 2. The van der Waals surface area contributed by atoms with E-state index in [9.17, 15) is 9.59 Å². The number of carbonyl (C=O) groups excluding carboxylic acids is 2. The van der Waals surface area contributed by atoms with Crippen LogP contribution in [0.3, 0.4) is 0 Å². The lowest BCUT2D eigenvalue weighted by Gasteiger charge is -2.26. The number of rotatable bonds is 5. The molecule has 170 valence electrons. The number of fused-ring (bicyclic) bond motifs is 2. The molecule has 2 heterocycles. The van der Waals surface area contributed by atoms with Gasteiger partial charge in [-0.15, -0.1) is 0 Å². The molecule has 1 unspecified atom stereocenters.